The van der Waals surface area contributed by atoms with Gasteiger partial charge in [-0.05, 0) is 25.2 Å². The number of amides is 1. The van der Waals surface area contributed by atoms with E-state index in [1.807, 2.05) is 18.9 Å². The van der Waals surface area contributed by atoms with Gasteiger partial charge in [-0.1, -0.05) is 22.9 Å². The molecule has 0 bridgehead atoms. The number of carbonyl (C=O) groups excluding carboxylic acids is 1. The zero-order valence-electron chi connectivity index (χ0n) is 8.42. The van der Waals surface area contributed by atoms with Crippen molar-refractivity contribution in [2.45, 2.75) is 37.4 Å². The second kappa shape index (κ2) is 4.99. The predicted octanol–water partition coefficient (Wildman–Crippen LogP) is 2.42. The van der Waals surface area contributed by atoms with E-state index in [0.29, 0.717) is 17.2 Å². The fourth-order valence-corrected chi connectivity index (χ4v) is 2.75. The van der Waals surface area contributed by atoms with Gasteiger partial charge in [0.25, 0.3) is 0 Å². The summed E-state index contributed by atoms with van der Waals surface area (Å²) in [6.45, 7) is 2.99. The molecule has 76 valence electrons. The van der Waals surface area contributed by atoms with Crippen molar-refractivity contribution in [3.05, 3.63) is 0 Å². The fourth-order valence-electron chi connectivity index (χ4n) is 1.70. The van der Waals surface area contributed by atoms with Crippen molar-refractivity contribution in [1.29, 1.82) is 0 Å². The van der Waals surface area contributed by atoms with Gasteiger partial charge in [-0.15, -0.1) is 0 Å². The number of hydrogen-bond acceptors (Lipinski definition) is 1. The van der Waals surface area contributed by atoms with Crippen molar-refractivity contribution >= 4 is 21.8 Å². The largest absolute Gasteiger partial charge is 0.345 e. The van der Waals surface area contributed by atoms with E-state index in [4.69, 9.17) is 0 Å². The van der Waals surface area contributed by atoms with Gasteiger partial charge in [0.05, 0.1) is 0 Å². The minimum absolute atomic E-state index is 0.292. The first-order chi connectivity index (χ1) is 6.13. The van der Waals surface area contributed by atoms with E-state index in [1.165, 1.54) is 12.8 Å². The molecule has 3 heteroatoms. The van der Waals surface area contributed by atoms with Gasteiger partial charge in [0.15, 0.2) is 0 Å². The van der Waals surface area contributed by atoms with Crippen LogP contribution in [0.3, 0.4) is 0 Å². The summed E-state index contributed by atoms with van der Waals surface area (Å²) >= 11 is 3.55. The van der Waals surface area contributed by atoms with Crippen LogP contribution < -0.4 is 0 Å². The molecule has 0 radical (unpaired) electrons. The summed E-state index contributed by atoms with van der Waals surface area (Å²) < 4.78 is 0. The van der Waals surface area contributed by atoms with Crippen LogP contribution in [0.4, 0.5) is 0 Å². The summed E-state index contributed by atoms with van der Waals surface area (Å²) in [5.41, 5.74) is 0. The highest BCUT2D eigenvalue weighted by atomic mass is 79.9. The lowest BCUT2D eigenvalue weighted by atomic mass is 9.85. The van der Waals surface area contributed by atoms with Crippen molar-refractivity contribution < 1.29 is 4.79 Å². The van der Waals surface area contributed by atoms with Gasteiger partial charge in [0.2, 0.25) is 5.91 Å². The van der Waals surface area contributed by atoms with Crippen LogP contribution in [0, 0.1) is 5.92 Å². The van der Waals surface area contributed by atoms with Crippen LogP contribution in [0.15, 0.2) is 0 Å². The zero-order chi connectivity index (χ0) is 9.84. The molecule has 1 aliphatic carbocycles. The molecule has 1 aliphatic rings. The second-order valence-electron chi connectivity index (χ2n) is 3.96. The molecule has 1 rings (SSSR count). The van der Waals surface area contributed by atoms with Crippen LogP contribution >= 0.6 is 15.9 Å². The highest BCUT2D eigenvalue weighted by molar-refractivity contribution is 9.09. The smallest absolute Gasteiger partial charge is 0.222 e. The van der Waals surface area contributed by atoms with Crippen LogP contribution in [0.25, 0.3) is 0 Å². The SMILES string of the molecule is CCCC(=O)N(C)CC1CC(Br)C1. The Hall–Kier alpha value is -0.0500. The molecule has 0 aromatic rings. The molecule has 0 saturated heterocycles. The molecule has 0 spiro atoms. The van der Waals surface area contributed by atoms with Gasteiger partial charge in [-0.25, -0.2) is 0 Å². The van der Waals surface area contributed by atoms with Gasteiger partial charge < -0.3 is 4.90 Å². The summed E-state index contributed by atoms with van der Waals surface area (Å²) in [5.74, 6) is 1.02. The first-order valence-electron chi connectivity index (χ1n) is 5.01. The van der Waals surface area contributed by atoms with Crippen molar-refractivity contribution in [2.75, 3.05) is 13.6 Å². The molecule has 0 atom stereocenters. The molecule has 1 amide bonds. The molecular formula is C10H18BrNO. The molecule has 1 fully saturated rings. The number of alkyl halides is 1. The summed E-state index contributed by atoms with van der Waals surface area (Å²) in [6, 6.07) is 0. The standard InChI is InChI=1S/C10H18BrNO/c1-3-4-10(13)12(2)7-8-5-9(11)6-8/h8-9H,3-7H2,1-2H3. The minimum atomic E-state index is 0.292. The highest BCUT2D eigenvalue weighted by Crippen LogP contribution is 2.33. The maximum atomic E-state index is 11.4. The highest BCUT2D eigenvalue weighted by Gasteiger charge is 2.28. The lowest BCUT2D eigenvalue weighted by molar-refractivity contribution is -0.130. The van der Waals surface area contributed by atoms with Crippen molar-refractivity contribution in [3.8, 4) is 0 Å². The van der Waals surface area contributed by atoms with E-state index < -0.39 is 0 Å². The molecular weight excluding hydrogens is 230 g/mol. The van der Waals surface area contributed by atoms with Crippen LogP contribution in [-0.4, -0.2) is 29.2 Å². The molecule has 0 aromatic heterocycles. The Kier molecular flexibility index (Phi) is 4.23. The van der Waals surface area contributed by atoms with Crippen molar-refractivity contribution in [1.82, 2.24) is 4.90 Å². The van der Waals surface area contributed by atoms with Crippen molar-refractivity contribution in [2.24, 2.45) is 5.92 Å². The van der Waals surface area contributed by atoms with Crippen molar-refractivity contribution in [3.63, 3.8) is 0 Å². The maximum absolute atomic E-state index is 11.4. The molecule has 0 aliphatic heterocycles. The van der Waals surface area contributed by atoms with E-state index in [-0.39, 0.29) is 0 Å². The summed E-state index contributed by atoms with van der Waals surface area (Å²) in [4.78, 5) is 14.0. The number of carbonyl (C=O) groups is 1. The quantitative estimate of drug-likeness (QED) is 0.699. The van der Waals surface area contributed by atoms with Crippen LogP contribution in [0.1, 0.15) is 32.6 Å². The van der Waals surface area contributed by atoms with Gasteiger partial charge in [-0.2, -0.15) is 0 Å². The number of hydrogen-bond donors (Lipinski definition) is 0. The van der Waals surface area contributed by atoms with E-state index in [0.717, 1.165) is 18.9 Å². The van der Waals surface area contributed by atoms with Crippen LogP contribution in [-0.2, 0) is 4.79 Å². The number of halogens is 1. The first kappa shape index (κ1) is 11.0. The Morgan fingerprint density at radius 1 is 1.54 bits per heavy atom. The van der Waals surface area contributed by atoms with Gasteiger partial charge in [0.1, 0.15) is 0 Å². The third-order valence-electron chi connectivity index (χ3n) is 2.60. The Morgan fingerprint density at radius 2 is 2.15 bits per heavy atom. The topological polar surface area (TPSA) is 20.3 Å². The van der Waals surface area contributed by atoms with Crippen LogP contribution in [0.2, 0.25) is 0 Å². The molecule has 0 aromatic carbocycles. The minimum Gasteiger partial charge on any atom is -0.345 e. The Bertz CT molecular complexity index is 178. The average Bonchev–Trinajstić information content (AvgIpc) is 2.02. The molecule has 0 unspecified atom stereocenters. The monoisotopic (exact) mass is 247 g/mol. The Balaban J connectivity index is 2.17. The second-order valence-corrected chi connectivity index (χ2v) is 5.25. The number of nitrogens with zero attached hydrogens (tertiary/aromatic N) is 1. The van der Waals surface area contributed by atoms with E-state index in [1.54, 1.807) is 0 Å². The molecule has 1 saturated carbocycles. The molecule has 0 N–H and O–H groups in total. The summed E-state index contributed by atoms with van der Waals surface area (Å²) in [5, 5.41) is 0. The molecule has 0 heterocycles. The zero-order valence-corrected chi connectivity index (χ0v) is 10.0. The predicted molar refractivity (Wildman–Crippen MR) is 58.0 cm³/mol. The molecule has 2 nitrogen and oxygen atoms in total. The third kappa shape index (κ3) is 3.29. The number of rotatable bonds is 4. The van der Waals surface area contributed by atoms with E-state index in [2.05, 4.69) is 15.9 Å². The third-order valence-corrected chi connectivity index (χ3v) is 3.35. The lowest BCUT2D eigenvalue weighted by Crippen LogP contribution is -2.37. The first-order valence-corrected chi connectivity index (χ1v) is 5.93. The lowest BCUT2D eigenvalue weighted by Gasteiger charge is -2.34. The Morgan fingerprint density at radius 3 is 2.62 bits per heavy atom. The molecule has 13 heavy (non-hydrogen) atoms. The van der Waals surface area contributed by atoms with E-state index in [9.17, 15) is 4.79 Å². The van der Waals surface area contributed by atoms with Gasteiger partial charge in [-0.3, -0.25) is 4.79 Å². The van der Waals surface area contributed by atoms with Crippen LogP contribution in [0.5, 0.6) is 0 Å². The average molecular weight is 248 g/mol. The normalized spacial score (nSPS) is 26.7. The Labute approximate surface area is 88.8 Å². The summed E-state index contributed by atoms with van der Waals surface area (Å²) in [7, 11) is 1.92. The van der Waals surface area contributed by atoms with E-state index >= 15 is 0 Å². The fraction of sp³-hybridized carbons (Fsp3) is 0.900. The summed E-state index contributed by atoms with van der Waals surface area (Å²) in [6.07, 6.45) is 4.10. The maximum Gasteiger partial charge on any atom is 0.222 e. The van der Waals surface area contributed by atoms with Gasteiger partial charge >= 0.3 is 0 Å². The van der Waals surface area contributed by atoms with Gasteiger partial charge in [0, 0.05) is 24.8 Å².